The van der Waals surface area contributed by atoms with E-state index in [2.05, 4.69) is 45.1 Å². The fraction of sp³-hybridized carbons (Fsp3) is 0.273. The molecule has 0 bridgehead atoms. The molecule has 6 nitrogen and oxygen atoms in total. The molecule has 2 aromatic carbocycles. The highest BCUT2D eigenvalue weighted by atomic mass is 16.2. The summed E-state index contributed by atoms with van der Waals surface area (Å²) in [5.41, 5.74) is 7.24. The van der Waals surface area contributed by atoms with E-state index in [1.807, 2.05) is 32.3 Å². The van der Waals surface area contributed by atoms with Crippen LogP contribution in [-0.4, -0.2) is 31.8 Å². The number of nitrogens with one attached hydrogen (secondary N) is 4. The molecule has 2 aromatic rings. The fourth-order valence-electron chi connectivity index (χ4n) is 3.93. The van der Waals surface area contributed by atoms with Gasteiger partial charge >= 0.3 is 0 Å². The lowest BCUT2D eigenvalue weighted by Gasteiger charge is -2.35. The van der Waals surface area contributed by atoms with Crippen molar-refractivity contribution in [1.29, 1.82) is 5.41 Å². The quantitative estimate of drug-likeness (QED) is 0.614. The van der Waals surface area contributed by atoms with Crippen LogP contribution in [0.25, 0.3) is 5.57 Å². The van der Waals surface area contributed by atoms with E-state index in [1.54, 1.807) is 0 Å². The summed E-state index contributed by atoms with van der Waals surface area (Å²) in [6.45, 7) is 2.80. The Labute approximate surface area is 165 Å². The van der Waals surface area contributed by atoms with E-state index in [1.165, 1.54) is 17.5 Å². The molecule has 0 saturated carbocycles. The standard InChI is InChI=1S/C22H25N5O/c1-14-22(28)26-18-6-3-7-20(21(18)25-14)27-10-4-5-16-11-15(8-9-19(16)27)17(12-23)13-24-2/h3,6-9,11-14,23-25H,4-5,10H2,1-2H3,(H,26,28)/b17-13+,23-12?/t14-/m1/s1. The zero-order valence-corrected chi connectivity index (χ0v) is 16.2. The first-order valence-corrected chi connectivity index (χ1v) is 9.61. The molecule has 1 amide bonds. The molecular weight excluding hydrogens is 350 g/mol. The highest BCUT2D eigenvalue weighted by Gasteiger charge is 2.27. The van der Waals surface area contributed by atoms with E-state index < -0.39 is 0 Å². The Morgan fingerprint density at radius 3 is 2.93 bits per heavy atom. The highest BCUT2D eigenvalue weighted by molar-refractivity contribution is 6.08. The number of nitrogens with zero attached hydrogens (tertiary/aromatic N) is 1. The van der Waals surface area contributed by atoms with Gasteiger partial charge in [-0.1, -0.05) is 12.1 Å². The topological polar surface area (TPSA) is 80.2 Å². The Morgan fingerprint density at radius 1 is 1.29 bits per heavy atom. The molecule has 0 aliphatic carbocycles. The predicted octanol–water partition coefficient (Wildman–Crippen LogP) is 3.73. The van der Waals surface area contributed by atoms with Crippen molar-refractivity contribution < 1.29 is 4.79 Å². The smallest absolute Gasteiger partial charge is 0.246 e. The van der Waals surface area contributed by atoms with Crippen LogP contribution in [0.1, 0.15) is 24.5 Å². The van der Waals surface area contributed by atoms with Crippen LogP contribution in [0.15, 0.2) is 42.6 Å². The van der Waals surface area contributed by atoms with Crippen LogP contribution in [-0.2, 0) is 11.2 Å². The number of carbonyl (C=O) groups is 1. The second-order valence-electron chi connectivity index (χ2n) is 7.19. The molecule has 6 heteroatoms. The molecule has 4 N–H and O–H groups in total. The van der Waals surface area contributed by atoms with Crippen LogP contribution in [0, 0.1) is 5.41 Å². The molecule has 2 heterocycles. The average molecular weight is 375 g/mol. The number of anilines is 4. The number of amides is 1. The Balaban J connectivity index is 1.76. The predicted molar refractivity (Wildman–Crippen MR) is 116 cm³/mol. The summed E-state index contributed by atoms with van der Waals surface area (Å²) in [5.74, 6) is -0.0103. The van der Waals surface area contributed by atoms with E-state index in [-0.39, 0.29) is 11.9 Å². The Bertz CT molecular complexity index is 965. The summed E-state index contributed by atoms with van der Waals surface area (Å²) in [6.07, 6.45) is 5.29. The molecule has 0 saturated heterocycles. The number of rotatable bonds is 4. The van der Waals surface area contributed by atoms with Crippen molar-refractivity contribution in [1.82, 2.24) is 5.32 Å². The fourth-order valence-corrected chi connectivity index (χ4v) is 3.93. The number of hydrogen-bond acceptors (Lipinski definition) is 5. The maximum Gasteiger partial charge on any atom is 0.246 e. The molecule has 0 fully saturated rings. The van der Waals surface area contributed by atoms with Crippen molar-refractivity contribution in [3.8, 4) is 0 Å². The monoisotopic (exact) mass is 375 g/mol. The van der Waals surface area contributed by atoms with Crippen LogP contribution >= 0.6 is 0 Å². The van der Waals surface area contributed by atoms with Crippen molar-refractivity contribution in [2.75, 3.05) is 29.1 Å². The Morgan fingerprint density at radius 2 is 2.14 bits per heavy atom. The molecule has 2 aliphatic rings. The average Bonchev–Trinajstić information content (AvgIpc) is 2.71. The van der Waals surface area contributed by atoms with Crippen LogP contribution in [0.2, 0.25) is 0 Å². The van der Waals surface area contributed by atoms with E-state index in [0.717, 1.165) is 47.6 Å². The minimum absolute atomic E-state index is 0.0103. The van der Waals surface area contributed by atoms with Crippen molar-refractivity contribution in [2.45, 2.75) is 25.8 Å². The third-order valence-corrected chi connectivity index (χ3v) is 5.33. The van der Waals surface area contributed by atoms with Gasteiger partial charge in [0.05, 0.1) is 17.1 Å². The maximum absolute atomic E-state index is 12.0. The van der Waals surface area contributed by atoms with E-state index in [0.29, 0.717) is 0 Å². The first kappa shape index (κ1) is 18.1. The van der Waals surface area contributed by atoms with Gasteiger partial charge in [-0.2, -0.15) is 0 Å². The van der Waals surface area contributed by atoms with E-state index in [9.17, 15) is 4.79 Å². The van der Waals surface area contributed by atoms with Gasteiger partial charge in [0.1, 0.15) is 6.04 Å². The number of benzene rings is 2. The third-order valence-electron chi connectivity index (χ3n) is 5.33. The molecular formula is C22H25N5O. The van der Waals surface area contributed by atoms with Gasteiger partial charge in [-0.05, 0) is 55.2 Å². The van der Waals surface area contributed by atoms with Crippen molar-refractivity contribution in [3.05, 3.63) is 53.7 Å². The lowest BCUT2D eigenvalue weighted by molar-refractivity contribution is -0.116. The largest absolute Gasteiger partial charge is 0.393 e. The summed E-state index contributed by atoms with van der Waals surface area (Å²) < 4.78 is 0. The first-order chi connectivity index (χ1) is 13.6. The summed E-state index contributed by atoms with van der Waals surface area (Å²) >= 11 is 0. The molecule has 28 heavy (non-hydrogen) atoms. The van der Waals surface area contributed by atoms with Crippen molar-refractivity contribution in [2.24, 2.45) is 0 Å². The molecule has 0 radical (unpaired) electrons. The number of fused-ring (bicyclic) bond motifs is 2. The number of aryl methyl sites for hydroxylation is 1. The van der Waals surface area contributed by atoms with Crippen molar-refractivity contribution >= 4 is 40.4 Å². The SMILES string of the molecule is CN/C=C(\C=N)c1ccc2c(c1)CCCN2c1cccc2c1N[C@H](C)C(=O)N2. The van der Waals surface area contributed by atoms with Crippen LogP contribution < -0.4 is 20.9 Å². The summed E-state index contributed by atoms with van der Waals surface area (Å²) in [6, 6.07) is 12.1. The highest BCUT2D eigenvalue weighted by Crippen LogP contribution is 2.42. The van der Waals surface area contributed by atoms with Crippen LogP contribution in [0.4, 0.5) is 22.7 Å². The van der Waals surface area contributed by atoms with Crippen LogP contribution in [0.5, 0.6) is 0 Å². The lowest BCUT2D eigenvalue weighted by atomic mass is 9.95. The van der Waals surface area contributed by atoms with Gasteiger partial charge in [0.15, 0.2) is 0 Å². The Kier molecular flexibility index (Phi) is 4.77. The van der Waals surface area contributed by atoms with Gasteiger partial charge in [-0.25, -0.2) is 0 Å². The second kappa shape index (κ2) is 7.38. The summed E-state index contributed by atoms with van der Waals surface area (Å²) in [4.78, 5) is 14.3. The van der Waals surface area contributed by atoms with Gasteiger partial charge in [-0.3, -0.25) is 4.79 Å². The summed E-state index contributed by atoms with van der Waals surface area (Å²) in [7, 11) is 1.84. The van der Waals surface area contributed by atoms with Gasteiger partial charge in [-0.15, -0.1) is 0 Å². The molecule has 0 unspecified atom stereocenters. The van der Waals surface area contributed by atoms with Gasteiger partial charge in [0.2, 0.25) is 5.91 Å². The lowest BCUT2D eigenvalue weighted by Crippen LogP contribution is -2.37. The Hall–Kier alpha value is -3.28. The summed E-state index contributed by atoms with van der Waals surface area (Å²) in [5, 5.41) is 17.0. The molecule has 144 valence electrons. The molecule has 1 atom stereocenters. The van der Waals surface area contributed by atoms with Gasteiger partial charge in [0.25, 0.3) is 0 Å². The first-order valence-electron chi connectivity index (χ1n) is 9.61. The zero-order valence-electron chi connectivity index (χ0n) is 16.2. The normalized spacial score (nSPS) is 18.5. The molecule has 4 rings (SSSR count). The maximum atomic E-state index is 12.0. The number of allylic oxidation sites excluding steroid dienone is 1. The third kappa shape index (κ3) is 3.11. The molecule has 0 spiro atoms. The van der Waals surface area contributed by atoms with Gasteiger partial charge in [0, 0.05) is 37.3 Å². The van der Waals surface area contributed by atoms with E-state index in [4.69, 9.17) is 5.41 Å². The number of carbonyl (C=O) groups excluding carboxylic acids is 1. The van der Waals surface area contributed by atoms with Gasteiger partial charge < -0.3 is 26.3 Å². The second-order valence-corrected chi connectivity index (χ2v) is 7.19. The minimum atomic E-state index is -0.262. The zero-order chi connectivity index (χ0) is 19.7. The molecule has 0 aromatic heterocycles. The van der Waals surface area contributed by atoms with Crippen LogP contribution in [0.3, 0.4) is 0 Å². The minimum Gasteiger partial charge on any atom is -0.393 e. The number of hydrogen-bond donors (Lipinski definition) is 4. The van der Waals surface area contributed by atoms with E-state index >= 15 is 0 Å². The number of para-hydroxylation sites is 1. The van der Waals surface area contributed by atoms with Crippen molar-refractivity contribution in [3.63, 3.8) is 0 Å². The molecule has 2 aliphatic heterocycles.